The predicted molar refractivity (Wildman–Crippen MR) is 106 cm³/mol. The number of benzene rings is 2. The van der Waals surface area contributed by atoms with Gasteiger partial charge in [0.05, 0.1) is 5.56 Å². The minimum atomic E-state index is -0.286. The number of nitrogens with zero attached hydrogens (tertiary/aromatic N) is 3. The van der Waals surface area contributed by atoms with E-state index in [2.05, 4.69) is 15.3 Å². The van der Waals surface area contributed by atoms with Gasteiger partial charge in [0.2, 0.25) is 0 Å². The molecule has 4 aromatic rings. The van der Waals surface area contributed by atoms with Gasteiger partial charge in [-0.3, -0.25) is 9.36 Å². The Morgan fingerprint density at radius 1 is 1.10 bits per heavy atom. The minimum absolute atomic E-state index is 0.273. The number of anilines is 1. The molecule has 0 fully saturated rings. The van der Waals surface area contributed by atoms with Crippen molar-refractivity contribution >= 4 is 11.6 Å². The summed E-state index contributed by atoms with van der Waals surface area (Å²) in [5.41, 5.74) is 1.89. The molecule has 0 spiro atoms. The van der Waals surface area contributed by atoms with Gasteiger partial charge in [-0.2, -0.15) is 0 Å². The molecule has 0 aliphatic rings. The molecular formula is C22H17FN4O2. The molecule has 0 saturated heterocycles. The first kappa shape index (κ1) is 18.4. The largest absolute Gasteiger partial charge is 0.489 e. The highest BCUT2D eigenvalue weighted by atomic mass is 19.1. The van der Waals surface area contributed by atoms with Crippen LogP contribution < -0.4 is 10.1 Å². The van der Waals surface area contributed by atoms with Crippen LogP contribution in [0, 0.1) is 5.82 Å². The highest BCUT2D eigenvalue weighted by molar-refractivity contribution is 6.04. The van der Waals surface area contributed by atoms with E-state index in [1.807, 2.05) is 0 Å². The second kappa shape index (κ2) is 8.35. The Hall–Kier alpha value is -4.00. The molecule has 0 aliphatic heterocycles. The average molecular weight is 388 g/mol. The van der Waals surface area contributed by atoms with E-state index in [0.29, 0.717) is 29.4 Å². The molecule has 6 nitrogen and oxygen atoms in total. The van der Waals surface area contributed by atoms with Crippen LogP contribution in [0.25, 0.3) is 5.82 Å². The van der Waals surface area contributed by atoms with Gasteiger partial charge in [0.15, 0.2) is 0 Å². The third-order valence-corrected chi connectivity index (χ3v) is 4.19. The van der Waals surface area contributed by atoms with Gasteiger partial charge in [0.25, 0.3) is 5.91 Å². The van der Waals surface area contributed by atoms with Crippen LogP contribution in [0.1, 0.15) is 15.9 Å². The van der Waals surface area contributed by atoms with Crippen molar-refractivity contribution in [1.82, 2.24) is 14.5 Å². The summed E-state index contributed by atoms with van der Waals surface area (Å²) in [5.74, 6) is 0.715. The van der Waals surface area contributed by atoms with Gasteiger partial charge in [0.1, 0.15) is 30.3 Å². The van der Waals surface area contributed by atoms with Crippen molar-refractivity contribution in [3.8, 4) is 11.6 Å². The SMILES string of the molecule is O=C(Nc1cccc(OCc2ccc(F)cc2)c1)c1ccc(-n2ccnc2)nc1. The fraction of sp³-hybridized carbons (Fsp3) is 0.0455. The molecular weight excluding hydrogens is 371 g/mol. The summed E-state index contributed by atoms with van der Waals surface area (Å²) in [6.07, 6.45) is 6.59. The normalized spacial score (nSPS) is 10.5. The van der Waals surface area contributed by atoms with Crippen molar-refractivity contribution in [2.45, 2.75) is 6.61 Å². The number of pyridine rings is 1. The van der Waals surface area contributed by atoms with E-state index in [-0.39, 0.29) is 11.7 Å². The van der Waals surface area contributed by atoms with E-state index in [1.54, 1.807) is 71.8 Å². The number of rotatable bonds is 6. The Balaban J connectivity index is 1.39. The molecule has 0 atom stereocenters. The number of carbonyl (C=O) groups excluding carboxylic acids is 1. The Bertz CT molecular complexity index is 1090. The van der Waals surface area contributed by atoms with E-state index in [4.69, 9.17) is 4.74 Å². The highest BCUT2D eigenvalue weighted by Gasteiger charge is 2.08. The average Bonchev–Trinajstić information content (AvgIpc) is 3.29. The van der Waals surface area contributed by atoms with Gasteiger partial charge < -0.3 is 10.1 Å². The van der Waals surface area contributed by atoms with Crippen LogP contribution in [-0.2, 0) is 6.61 Å². The quantitative estimate of drug-likeness (QED) is 0.536. The van der Waals surface area contributed by atoms with Crippen molar-refractivity contribution in [2.75, 3.05) is 5.32 Å². The van der Waals surface area contributed by atoms with Crippen LogP contribution in [0.4, 0.5) is 10.1 Å². The summed E-state index contributed by atoms with van der Waals surface area (Å²) in [6.45, 7) is 0.303. The number of imidazole rings is 1. The molecule has 144 valence electrons. The maximum atomic E-state index is 13.0. The third kappa shape index (κ3) is 4.65. The topological polar surface area (TPSA) is 69.0 Å². The van der Waals surface area contributed by atoms with Crippen LogP contribution in [0.15, 0.2) is 85.6 Å². The summed E-state index contributed by atoms with van der Waals surface area (Å²) < 4.78 is 20.4. The molecule has 29 heavy (non-hydrogen) atoms. The number of carbonyl (C=O) groups is 1. The second-order valence-electron chi connectivity index (χ2n) is 6.27. The molecule has 2 heterocycles. The Labute approximate surface area is 166 Å². The summed E-state index contributed by atoms with van der Waals surface area (Å²) in [5, 5.41) is 2.83. The number of hydrogen-bond acceptors (Lipinski definition) is 4. The first-order valence-electron chi connectivity index (χ1n) is 8.90. The lowest BCUT2D eigenvalue weighted by Crippen LogP contribution is -2.12. The molecule has 4 rings (SSSR count). The fourth-order valence-corrected chi connectivity index (χ4v) is 2.68. The Morgan fingerprint density at radius 3 is 2.69 bits per heavy atom. The molecule has 7 heteroatoms. The van der Waals surface area contributed by atoms with Crippen molar-refractivity contribution in [3.63, 3.8) is 0 Å². The lowest BCUT2D eigenvalue weighted by Gasteiger charge is -2.10. The Kier molecular flexibility index (Phi) is 5.29. The number of ether oxygens (including phenoxy) is 1. The van der Waals surface area contributed by atoms with Crippen molar-refractivity contribution in [3.05, 3.63) is 103 Å². The van der Waals surface area contributed by atoms with Gasteiger partial charge in [-0.1, -0.05) is 18.2 Å². The molecule has 2 aromatic heterocycles. The molecule has 2 aromatic carbocycles. The number of nitrogens with one attached hydrogen (secondary N) is 1. The predicted octanol–water partition coefficient (Wildman–Crippen LogP) is 4.24. The molecule has 0 unspecified atom stereocenters. The smallest absolute Gasteiger partial charge is 0.257 e. The lowest BCUT2D eigenvalue weighted by atomic mass is 10.2. The molecule has 0 aliphatic carbocycles. The number of aromatic nitrogens is 3. The third-order valence-electron chi connectivity index (χ3n) is 4.19. The summed E-state index contributed by atoms with van der Waals surface area (Å²) in [6, 6.07) is 16.7. The van der Waals surface area contributed by atoms with Gasteiger partial charge >= 0.3 is 0 Å². The first-order valence-corrected chi connectivity index (χ1v) is 8.90. The highest BCUT2D eigenvalue weighted by Crippen LogP contribution is 2.19. The molecule has 0 bridgehead atoms. The molecule has 1 N–H and O–H groups in total. The van der Waals surface area contributed by atoms with E-state index < -0.39 is 0 Å². The van der Waals surface area contributed by atoms with Gasteiger partial charge in [-0.05, 0) is 42.0 Å². The zero-order chi connectivity index (χ0) is 20.1. The van der Waals surface area contributed by atoms with E-state index >= 15 is 0 Å². The number of halogens is 1. The molecule has 0 radical (unpaired) electrons. The van der Waals surface area contributed by atoms with Crippen LogP contribution in [-0.4, -0.2) is 20.4 Å². The lowest BCUT2D eigenvalue weighted by molar-refractivity contribution is 0.102. The van der Waals surface area contributed by atoms with Crippen LogP contribution in [0.3, 0.4) is 0 Å². The van der Waals surface area contributed by atoms with E-state index in [9.17, 15) is 9.18 Å². The van der Waals surface area contributed by atoms with Crippen molar-refractivity contribution in [2.24, 2.45) is 0 Å². The van der Waals surface area contributed by atoms with E-state index in [0.717, 1.165) is 5.56 Å². The minimum Gasteiger partial charge on any atom is -0.489 e. The van der Waals surface area contributed by atoms with Crippen LogP contribution in [0.5, 0.6) is 5.75 Å². The monoisotopic (exact) mass is 388 g/mol. The number of hydrogen-bond donors (Lipinski definition) is 1. The zero-order valence-corrected chi connectivity index (χ0v) is 15.3. The van der Waals surface area contributed by atoms with Crippen LogP contribution >= 0.6 is 0 Å². The van der Waals surface area contributed by atoms with Gasteiger partial charge in [0, 0.05) is 30.3 Å². The summed E-state index contributed by atoms with van der Waals surface area (Å²) in [7, 11) is 0. The van der Waals surface area contributed by atoms with Crippen molar-refractivity contribution < 1.29 is 13.9 Å². The Morgan fingerprint density at radius 2 is 1.97 bits per heavy atom. The summed E-state index contributed by atoms with van der Waals surface area (Å²) >= 11 is 0. The molecule has 1 amide bonds. The fourth-order valence-electron chi connectivity index (χ4n) is 2.68. The zero-order valence-electron chi connectivity index (χ0n) is 15.3. The maximum Gasteiger partial charge on any atom is 0.257 e. The summed E-state index contributed by atoms with van der Waals surface area (Å²) in [4.78, 5) is 20.7. The number of amides is 1. The second-order valence-corrected chi connectivity index (χ2v) is 6.27. The van der Waals surface area contributed by atoms with Crippen molar-refractivity contribution in [1.29, 1.82) is 0 Å². The molecule has 0 saturated carbocycles. The van der Waals surface area contributed by atoms with Gasteiger partial charge in [-0.15, -0.1) is 0 Å². The van der Waals surface area contributed by atoms with Crippen LogP contribution in [0.2, 0.25) is 0 Å². The van der Waals surface area contributed by atoms with Gasteiger partial charge in [-0.25, -0.2) is 14.4 Å². The van der Waals surface area contributed by atoms with E-state index in [1.165, 1.54) is 18.3 Å². The first-order chi connectivity index (χ1) is 14.2. The maximum absolute atomic E-state index is 13.0. The standard InChI is InChI=1S/C22H17FN4O2/c23-18-7-4-16(5-8-18)14-29-20-3-1-2-19(12-20)26-22(28)17-6-9-21(25-13-17)27-11-10-24-15-27/h1-13,15H,14H2,(H,26,28).